The maximum Gasteiger partial charge on any atom is 0.410 e. The average molecular weight is 247 g/mol. The van der Waals surface area contributed by atoms with Gasteiger partial charge >= 0.3 is 6.09 Å². The standard InChI is InChI=1S/C14H17NO3/c1-11(16)13-7-8-15(9-13)14(17)18-10-12-5-3-2-4-6-12/h2-6,13H,7-10H2,1H3. The van der Waals surface area contributed by atoms with Gasteiger partial charge in [0.05, 0.1) is 0 Å². The number of ether oxygens (including phenoxy) is 1. The van der Waals surface area contributed by atoms with Crippen LogP contribution in [0.4, 0.5) is 4.79 Å². The summed E-state index contributed by atoms with van der Waals surface area (Å²) in [6, 6.07) is 9.56. The SMILES string of the molecule is CC(=O)C1CCN(C(=O)OCc2ccccc2)C1. The highest BCUT2D eigenvalue weighted by Gasteiger charge is 2.29. The van der Waals surface area contributed by atoms with Crippen LogP contribution in [0.2, 0.25) is 0 Å². The van der Waals surface area contributed by atoms with Gasteiger partial charge < -0.3 is 9.64 Å². The number of ketones is 1. The van der Waals surface area contributed by atoms with Gasteiger partial charge in [-0.1, -0.05) is 30.3 Å². The highest BCUT2D eigenvalue weighted by atomic mass is 16.6. The monoisotopic (exact) mass is 247 g/mol. The van der Waals surface area contributed by atoms with Crippen LogP contribution in [-0.4, -0.2) is 29.9 Å². The molecule has 1 aliphatic rings. The van der Waals surface area contributed by atoms with E-state index < -0.39 is 0 Å². The quantitative estimate of drug-likeness (QED) is 0.823. The number of benzene rings is 1. The molecule has 96 valence electrons. The van der Waals surface area contributed by atoms with Crippen molar-refractivity contribution < 1.29 is 14.3 Å². The molecule has 4 nitrogen and oxygen atoms in total. The van der Waals surface area contributed by atoms with Crippen molar-refractivity contribution in [2.45, 2.75) is 20.0 Å². The third kappa shape index (κ3) is 3.09. The van der Waals surface area contributed by atoms with Crippen LogP contribution in [0.5, 0.6) is 0 Å². The fraction of sp³-hybridized carbons (Fsp3) is 0.429. The van der Waals surface area contributed by atoms with Crippen LogP contribution in [0.15, 0.2) is 30.3 Å². The van der Waals surface area contributed by atoms with E-state index >= 15 is 0 Å². The maximum atomic E-state index is 11.8. The molecule has 1 heterocycles. The lowest BCUT2D eigenvalue weighted by atomic mass is 10.1. The van der Waals surface area contributed by atoms with E-state index in [2.05, 4.69) is 0 Å². The molecule has 18 heavy (non-hydrogen) atoms. The van der Waals surface area contributed by atoms with Crippen LogP contribution in [0, 0.1) is 5.92 Å². The zero-order chi connectivity index (χ0) is 13.0. The Balaban J connectivity index is 1.81. The Morgan fingerprint density at radius 3 is 2.67 bits per heavy atom. The van der Waals surface area contributed by atoms with Crippen molar-refractivity contribution >= 4 is 11.9 Å². The number of amides is 1. The van der Waals surface area contributed by atoms with Crippen molar-refractivity contribution in [1.82, 2.24) is 4.90 Å². The first-order valence-electron chi connectivity index (χ1n) is 6.13. The Kier molecular flexibility index (Phi) is 3.97. The fourth-order valence-corrected chi connectivity index (χ4v) is 2.07. The molecule has 1 aromatic rings. The molecular weight excluding hydrogens is 230 g/mol. The number of carbonyl (C=O) groups is 2. The largest absolute Gasteiger partial charge is 0.445 e. The van der Waals surface area contributed by atoms with Gasteiger partial charge in [-0.2, -0.15) is 0 Å². The van der Waals surface area contributed by atoms with Gasteiger partial charge in [0.25, 0.3) is 0 Å². The zero-order valence-electron chi connectivity index (χ0n) is 10.5. The highest BCUT2D eigenvalue weighted by Crippen LogP contribution is 2.18. The number of Topliss-reactive ketones (excluding diaryl/α,β-unsaturated/α-hetero) is 1. The van der Waals surface area contributed by atoms with Crippen LogP contribution in [0.1, 0.15) is 18.9 Å². The molecule has 0 N–H and O–H groups in total. The summed E-state index contributed by atoms with van der Waals surface area (Å²) in [5, 5.41) is 0. The van der Waals surface area contributed by atoms with E-state index in [0.29, 0.717) is 13.1 Å². The van der Waals surface area contributed by atoms with Crippen molar-refractivity contribution in [3.63, 3.8) is 0 Å². The van der Waals surface area contributed by atoms with Crippen molar-refractivity contribution in [3.8, 4) is 0 Å². The van der Waals surface area contributed by atoms with E-state index in [1.807, 2.05) is 30.3 Å². The Bertz CT molecular complexity index is 430. The number of nitrogens with zero attached hydrogens (tertiary/aromatic N) is 1. The van der Waals surface area contributed by atoms with Crippen LogP contribution in [0.3, 0.4) is 0 Å². The van der Waals surface area contributed by atoms with Crippen LogP contribution in [0.25, 0.3) is 0 Å². The molecule has 0 saturated carbocycles. The Morgan fingerprint density at radius 2 is 2.06 bits per heavy atom. The van der Waals surface area contributed by atoms with Gasteiger partial charge in [0, 0.05) is 19.0 Å². The lowest BCUT2D eigenvalue weighted by Gasteiger charge is -2.15. The minimum atomic E-state index is -0.331. The number of rotatable bonds is 3. The summed E-state index contributed by atoms with van der Waals surface area (Å²) in [5.74, 6) is 0.127. The summed E-state index contributed by atoms with van der Waals surface area (Å²) < 4.78 is 5.22. The number of carbonyl (C=O) groups excluding carboxylic acids is 2. The Morgan fingerprint density at radius 1 is 1.33 bits per heavy atom. The van der Waals surface area contributed by atoms with Crippen molar-refractivity contribution in [1.29, 1.82) is 0 Å². The predicted molar refractivity (Wildman–Crippen MR) is 67.0 cm³/mol. The van der Waals surface area contributed by atoms with Crippen molar-refractivity contribution in [3.05, 3.63) is 35.9 Å². The molecule has 0 bridgehead atoms. The van der Waals surface area contributed by atoms with Gasteiger partial charge in [-0.05, 0) is 18.9 Å². The molecule has 0 radical (unpaired) electrons. The van der Waals surface area contributed by atoms with Gasteiger partial charge in [0.15, 0.2) is 0 Å². The summed E-state index contributed by atoms with van der Waals surface area (Å²) in [6.07, 6.45) is 0.415. The molecule has 1 unspecified atom stereocenters. The molecule has 0 aromatic heterocycles. The lowest BCUT2D eigenvalue weighted by molar-refractivity contribution is -0.120. The summed E-state index contributed by atoms with van der Waals surface area (Å²) >= 11 is 0. The second kappa shape index (κ2) is 5.67. The van der Waals surface area contributed by atoms with E-state index in [1.165, 1.54) is 0 Å². The number of hydrogen-bond donors (Lipinski definition) is 0. The molecule has 2 rings (SSSR count). The van der Waals surface area contributed by atoms with Crippen LogP contribution in [-0.2, 0) is 16.1 Å². The van der Waals surface area contributed by atoms with Gasteiger partial charge in [-0.15, -0.1) is 0 Å². The first-order valence-corrected chi connectivity index (χ1v) is 6.13. The molecule has 1 aliphatic heterocycles. The molecule has 1 atom stereocenters. The molecule has 0 aliphatic carbocycles. The molecule has 1 amide bonds. The maximum absolute atomic E-state index is 11.8. The molecule has 1 saturated heterocycles. The molecule has 1 fully saturated rings. The van der Waals surface area contributed by atoms with E-state index in [4.69, 9.17) is 4.74 Å². The fourth-order valence-electron chi connectivity index (χ4n) is 2.07. The first kappa shape index (κ1) is 12.6. The minimum Gasteiger partial charge on any atom is -0.445 e. The summed E-state index contributed by atoms with van der Waals surface area (Å²) in [7, 11) is 0. The molecular formula is C14H17NO3. The van der Waals surface area contributed by atoms with Crippen molar-refractivity contribution in [2.75, 3.05) is 13.1 Å². The summed E-state index contributed by atoms with van der Waals surface area (Å²) in [6.45, 7) is 2.95. The predicted octanol–water partition coefficient (Wildman–Crippen LogP) is 2.23. The van der Waals surface area contributed by atoms with Crippen molar-refractivity contribution in [2.24, 2.45) is 5.92 Å². The number of hydrogen-bond acceptors (Lipinski definition) is 3. The lowest BCUT2D eigenvalue weighted by Crippen LogP contribution is -2.30. The number of likely N-dealkylation sites (tertiary alicyclic amines) is 1. The third-order valence-corrected chi connectivity index (χ3v) is 3.23. The van der Waals surface area contributed by atoms with Gasteiger partial charge in [0.2, 0.25) is 0 Å². The van der Waals surface area contributed by atoms with Gasteiger partial charge in [0.1, 0.15) is 12.4 Å². The summed E-state index contributed by atoms with van der Waals surface area (Å²) in [5.41, 5.74) is 0.966. The Hall–Kier alpha value is -1.84. The molecule has 4 heteroatoms. The van der Waals surface area contributed by atoms with E-state index in [1.54, 1.807) is 11.8 Å². The topological polar surface area (TPSA) is 46.6 Å². The summed E-state index contributed by atoms with van der Waals surface area (Å²) in [4.78, 5) is 24.6. The highest BCUT2D eigenvalue weighted by molar-refractivity contribution is 5.80. The third-order valence-electron chi connectivity index (χ3n) is 3.23. The van der Waals surface area contributed by atoms with Gasteiger partial charge in [-0.3, -0.25) is 4.79 Å². The second-order valence-corrected chi connectivity index (χ2v) is 4.58. The molecule has 0 spiro atoms. The Labute approximate surface area is 107 Å². The van der Waals surface area contributed by atoms with E-state index in [9.17, 15) is 9.59 Å². The van der Waals surface area contributed by atoms with Crippen LogP contribution >= 0.6 is 0 Å². The first-order chi connectivity index (χ1) is 8.66. The smallest absolute Gasteiger partial charge is 0.410 e. The van der Waals surface area contributed by atoms with Crippen LogP contribution < -0.4 is 0 Å². The zero-order valence-corrected chi connectivity index (χ0v) is 10.5. The normalized spacial score (nSPS) is 18.7. The molecule has 1 aromatic carbocycles. The average Bonchev–Trinajstić information content (AvgIpc) is 2.87. The minimum absolute atomic E-state index is 0.0192. The second-order valence-electron chi connectivity index (χ2n) is 4.58. The van der Waals surface area contributed by atoms with E-state index in [0.717, 1.165) is 12.0 Å². The van der Waals surface area contributed by atoms with Gasteiger partial charge in [-0.25, -0.2) is 4.79 Å². The van der Waals surface area contributed by atoms with E-state index in [-0.39, 0.29) is 24.4 Å².